The molecule has 0 saturated carbocycles. The van der Waals surface area contributed by atoms with E-state index in [2.05, 4.69) is 161 Å². The highest BCUT2D eigenvalue weighted by atomic mass is 31.0. The van der Waals surface area contributed by atoms with Crippen LogP contribution in [-0.4, -0.2) is 28.9 Å². The van der Waals surface area contributed by atoms with Gasteiger partial charge >= 0.3 is 0 Å². The maximum Gasteiger partial charge on any atom is 0.0885 e. The number of nitrogens with zero attached hydrogens (tertiary/aromatic N) is 1. The van der Waals surface area contributed by atoms with Crippen LogP contribution < -0.4 is 37.7 Å². The molecule has 0 aliphatic heterocycles. The van der Waals surface area contributed by atoms with Gasteiger partial charge in [0.25, 0.3) is 0 Å². The van der Waals surface area contributed by atoms with Gasteiger partial charge in [-0.3, -0.25) is 0 Å². The lowest BCUT2D eigenvalue weighted by Gasteiger charge is -2.28. The fraction of sp³-hybridized carbons (Fsp3) is 0.565. The van der Waals surface area contributed by atoms with Gasteiger partial charge in [-0.1, -0.05) is 127 Å². The van der Waals surface area contributed by atoms with E-state index in [0.717, 1.165) is 103 Å². The number of unbranched alkanes of at least 4 members (excludes halogenated alkanes) is 2. The largest absolute Gasteiger partial charge is 0.386 e. The van der Waals surface area contributed by atoms with Crippen LogP contribution in [0.5, 0.6) is 0 Å². The molecule has 0 aliphatic rings. The minimum absolute atomic E-state index is 0.00956. The molecule has 3 atom stereocenters. The number of aromatic nitrogens is 1. The highest BCUT2D eigenvalue weighted by molar-refractivity contribution is 7.18. The fourth-order valence-corrected chi connectivity index (χ4v) is 5.75. The molecule has 0 bridgehead atoms. The van der Waals surface area contributed by atoms with Crippen LogP contribution in [0, 0.1) is 17.8 Å². The quantitative estimate of drug-likeness (QED) is 0.0546. The monoisotopic (exact) mass is 749 g/mol. The van der Waals surface area contributed by atoms with Crippen molar-refractivity contribution in [2.75, 3.05) is 18.4 Å². The lowest BCUT2D eigenvalue weighted by Crippen LogP contribution is -2.36. The topological polar surface area (TPSA) is 79.1 Å². The predicted molar refractivity (Wildman–Crippen MR) is 243 cm³/mol. The second-order valence-electron chi connectivity index (χ2n) is 16.1. The van der Waals surface area contributed by atoms with Crippen LogP contribution in [0.15, 0.2) is 85.6 Å². The van der Waals surface area contributed by atoms with Crippen LogP contribution in [0.1, 0.15) is 119 Å². The SMILES string of the molecule is C=C(N)NCCCC(NC(=C)CNC(=C)CCCCCn1c(=C)ccc1=C)C(=C)Nc1ccc(CC(C)C)cc1.CC(C)CC(C)C(C)(C)P.CCC. The van der Waals surface area contributed by atoms with Gasteiger partial charge in [0.1, 0.15) is 0 Å². The van der Waals surface area contributed by atoms with Gasteiger partial charge in [0.15, 0.2) is 0 Å². The molecule has 0 saturated heterocycles. The molecule has 1 aromatic heterocycles. The third-order valence-corrected chi connectivity index (χ3v) is 9.46. The number of anilines is 1. The summed E-state index contributed by atoms with van der Waals surface area (Å²) in [5.41, 5.74) is 10.9. The van der Waals surface area contributed by atoms with E-state index in [1.54, 1.807) is 0 Å². The third kappa shape index (κ3) is 24.5. The first-order valence-electron chi connectivity index (χ1n) is 20.0. The van der Waals surface area contributed by atoms with Gasteiger partial charge in [-0.2, -0.15) is 0 Å². The molecule has 7 heteroatoms. The maximum absolute atomic E-state index is 5.66. The summed E-state index contributed by atoms with van der Waals surface area (Å²) in [6.07, 6.45) is 9.68. The molecule has 0 aliphatic carbocycles. The van der Waals surface area contributed by atoms with Gasteiger partial charge in [-0.05, 0) is 97.7 Å². The molecule has 0 amide bonds. The van der Waals surface area contributed by atoms with Crippen molar-refractivity contribution in [3.8, 4) is 0 Å². The molecular weight excluding hydrogens is 668 g/mol. The number of rotatable bonds is 24. The summed E-state index contributed by atoms with van der Waals surface area (Å²) < 4.78 is 2.17. The lowest BCUT2D eigenvalue weighted by molar-refractivity contribution is 0.372. The molecule has 53 heavy (non-hydrogen) atoms. The molecule has 300 valence electrons. The second kappa shape index (κ2) is 27.2. The minimum atomic E-state index is 0.00956. The molecule has 2 aromatic rings. The Labute approximate surface area is 329 Å². The van der Waals surface area contributed by atoms with E-state index >= 15 is 0 Å². The van der Waals surface area contributed by atoms with Crippen molar-refractivity contribution >= 4 is 28.1 Å². The first-order valence-corrected chi connectivity index (χ1v) is 20.6. The van der Waals surface area contributed by atoms with Gasteiger partial charge in [0.2, 0.25) is 0 Å². The van der Waals surface area contributed by atoms with E-state index < -0.39 is 0 Å². The van der Waals surface area contributed by atoms with Crippen molar-refractivity contribution in [1.82, 2.24) is 20.5 Å². The average molecular weight is 749 g/mol. The summed E-state index contributed by atoms with van der Waals surface area (Å²) in [4.78, 5) is 0. The Morgan fingerprint density at radius 3 is 1.89 bits per heavy atom. The average Bonchev–Trinajstić information content (AvgIpc) is 3.38. The highest BCUT2D eigenvalue weighted by Gasteiger charge is 2.20. The minimum Gasteiger partial charge on any atom is -0.386 e. The van der Waals surface area contributed by atoms with E-state index in [-0.39, 0.29) is 6.04 Å². The number of hydrogen-bond donors (Lipinski definition) is 5. The second-order valence-corrected chi connectivity index (χ2v) is 17.6. The van der Waals surface area contributed by atoms with Gasteiger partial charge in [-0.25, -0.2) is 0 Å². The summed E-state index contributed by atoms with van der Waals surface area (Å²) in [6.45, 7) is 47.2. The molecule has 0 radical (unpaired) electrons. The molecular formula is C46H81N6P. The predicted octanol–water partition coefficient (Wildman–Crippen LogP) is 9.81. The Kier molecular flexibility index (Phi) is 25.5. The summed E-state index contributed by atoms with van der Waals surface area (Å²) in [6, 6.07) is 12.6. The van der Waals surface area contributed by atoms with E-state index in [1.807, 2.05) is 12.1 Å². The Morgan fingerprint density at radius 1 is 0.811 bits per heavy atom. The number of nitrogens with one attached hydrogen (secondary N) is 4. The summed E-state index contributed by atoms with van der Waals surface area (Å²) >= 11 is 0. The van der Waals surface area contributed by atoms with Gasteiger partial charge in [-0.15, -0.1) is 9.24 Å². The summed E-state index contributed by atoms with van der Waals surface area (Å²) in [7, 11) is 2.92. The Hall–Kier alpha value is -3.37. The van der Waals surface area contributed by atoms with Crippen molar-refractivity contribution in [1.29, 1.82) is 0 Å². The Morgan fingerprint density at radius 2 is 1.40 bits per heavy atom. The van der Waals surface area contributed by atoms with Crippen LogP contribution in [0.2, 0.25) is 0 Å². The molecule has 1 aromatic carbocycles. The van der Waals surface area contributed by atoms with Gasteiger partial charge in [0.05, 0.1) is 18.4 Å². The van der Waals surface area contributed by atoms with E-state index in [0.29, 0.717) is 23.4 Å². The van der Waals surface area contributed by atoms with Crippen molar-refractivity contribution in [2.45, 2.75) is 138 Å². The van der Waals surface area contributed by atoms with Crippen LogP contribution in [-0.2, 0) is 13.0 Å². The van der Waals surface area contributed by atoms with Crippen LogP contribution >= 0.6 is 9.24 Å². The molecule has 6 N–H and O–H groups in total. The zero-order valence-corrected chi connectivity index (χ0v) is 36.8. The Balaban J connectivity index is 0.00000177. The fourth-order valence-electron chi connectivity index (χ4n) is 5.61. The first kappa shape index (κ1) is 49.6. The van der Waals surface area contributed by atoms with E-state index in [9.17, 15) is 0 Å². The van der Waals surface area contributed by atoms with Crippen molar-refractivity contribution < 1.29 is 0 Å². The van der Waals surface area contributed by atoms with Crippen LogP contribution in [0.4, 0.5) is 5.69 Å². The summed E-state index contributed by atoms with van der Waals surface area (Å²) in [5.74, 6) is 2.75. The number of allylic oxidation sites excluding steroid dienone is 1. The van der Waals surface area contributed by atoms with Gasteiger partial charge in [0, 0.05) is 46.6 Å². The first-order chi connectivity index (χ1) is 24.8. The zero-order valence-electron chi connectivity index (χ0n) is 35.6. The molecule has 2 rings (SSSR count). The number of benzene rings is 1. The van der Waals surface area contributed by atoms with E-state index in [4.69, 9.17) is 5.73 Å². The van der Waals surface area contributed by atoms with Crippen molar-refractivity contribution in [2.24, 2.45) is 23.5 Å². The van der Waals surface area contributed by atoms with Crippen molar-refractivity contribution in [3.05, 3.63) is 102 Å². The Bertz CT molecular complexity index is 1400. The van der Waals surface area contributed by atoms with Crippen LogP contribution in [0.3, 0.4) is 0 Å². The number of hydrogen-bond acceptors (Lipinski definition) is 5. The lowest BCUT2D eigenvalue weighted by atomic mass is 9.89. The van der Waals surface area contributed by atoms with E-state index in [1.165, 1.54) is 18.4 Å². The maximum atomic E-state index is 5.66. The highest BCUT2D eigenvalue weighted by Crippen LogP contribution is 2.31. The molecule has 0 spiro atoms. The smallest absolute Gasteiger partial charge is 0.0885 e. The van der Waals surface area contributed by atoms with Gasteiger partial charge < -0.3 is 31.6 Å². The normalized spacial score (nSPS) is 12.1. The summed E-state index contributed by atoms with van der Waals surface area (Å²) in [5, 5.41) is 16.0. The zero-order chi connectivity index (χ0) is 40.6. The van der Waals surface area contributed by atoms with Crippen LogP contribution in [0.25, 0.3) is 13.2 Å². The molecule has 3 unspecified atom stereocenters. The van der Waals surface area contributed by atoms with Crippen molar-refractivity contribution in [3.63, 3.8) is 0 Å². The number of nitrogens with two attached hydrogens (primary N) is 1. The third-order valence-electron chi connectivity index (χ3n) is 8.89. The molecule has 6 nitrogen and oxygen atoms in total. The standard InChI is InChI=1S/C34H52N6.C9H21P.C3H8/c1-25(2)23-32-17-19-33(20-18-32)39-30(7)34(14-12-21-36-31(8)35)38-27(4)24-37-26(3)13-10-9-11-22-40-28(5)15-16-29(40)6;1-7(2)6-8(3)9(4,5)10;1-3-2/h15-20,25,34,36-39H,3-14,21-24,35H2,1-2H3;7-8H,6,10H2,1-5H3;3H2,1-2H3. The molecule has 0 fully saturated rings. The molecule has 1 heterocycles.